The second-order valence-corrected chi connectivity index (χ2v) is 2.97. The minimum Gasteiger partial charge on any atom is -0.384 e. The summed E-state index contributed by atoms with van der Waals surface area (Å²) in [4.78, 5) is 3.10. The minimum absolute atomic E-state index is 0.595. The van der Waals surface area contributed by atoms with Crippen LogP contribution in [0.1, 0.15) is 11.7 Å². The smallest absolute Gasteiger partial charge is 0.0989 e. The number of hydrogen-bond acceptors (Lipinski definition) is 1. The van der Waals surface area contributed by atoms with E-state index in [4.69, 9.17) is 0 Å². The summed E-state index contributed by atoms with van der Waals surface area (Å²) in [5.41, 5.74) is 1.85. The molecule has 0 aliphatic carbocycles. The molecule has 0 aliphatic heterocycles. The molecule has 0 saturated carbocycles. The molecule has 0 aliphatic rings. The van der Waals surface area contributed by atoms with Crippen molar-refractivity contribution in [1.82, 2.24) is 4.98 Å². The zero-order valence-electron chi connectivity index (χ0n) is 7.20. The van der Waals surface area contributed by atoms with Crippen LogP contribution in [0.3, 0.4) is 0 Å². The third-order valence-corrected chi connectivity index (χ3v) is 2.16. The standard InChI is InChI=1S/C11H11NO/c1-2-10(13)9-5-3-4-8-6-7-12-11(8)9/h2-7,10,12-13H,1H2. The van der Waals surface area contributed by atoms with E-state index in [0.29, 0.717) is 0 Å². The van der Waals surface area contributed by atoms with E-state index in [9.17, 15) is 5.11 Å². The monoisotopic (exact) mass is 173 g/mol. The summed E-state index contributed by atoms with van der Waals surface area (Å²) in [7, 11) is 0. The topological polar surface area (TPSA) is 36.0 Å². The first kappa shape index (κ1) is 8.08. The predicted octanol–water partition coefficient (Wildman–Crippen LogP) is 2.39. The lowest BCUT2D eigenvalue weighted by Crippen LogP contribution is -1.93. The Morgan fingerprint density at radius 3 is 3.00 bits per heavy atom. The lowest BCUT2D eigenvalue weighted by Gasteiger charge is -2.06. The molecule has 0 amide bonds. The number of aliphatic hydroxyl groups is 1. The van der Waals surface area contributed by atoms with Crippen LogP contribution in [0.15, 0.2) is 43.1 Å². The highest BCUT2D eigenvalue weighted by Crippen LogP contribution is 2.23. The van der Waals surface area contributed by atoms with Gasteiger partial charge in [-0.1, -0.05) is 24.3 Å². The fourth-order valence-electron chi connectivity index (χ4n) is 1.48. The third kappa shape index (κ3) is 1.25. The summed E-state index contributed by atoms with van der Waals surface area (Å²) in [5.74, 6) is 0. The molecule has 2 aromatic rings. The molecule has 0 fully saturated rings. The van der Waals surface area contributed by atoms with Crippen molar-refractivity contribution in [2.45, 2.75) is 6.10 Å². The van der Waals surface area contributed by atoms with Crippen LogP contribution >= 0.6 is 0 Å². The predicted molar refractivity (Wildman–Crippen MR) is 53.5 cm³/mol. The molecule has 1 unspecified atom stereocenters. The Balaban J connectivity index is 2.67. The van der Waals surface area contributed by atoms with Crippen molar-refractivity contribution in [1.29, 1.82) is 0 Å². The summed E-state index contributed by atoms with van der Waals surface area (Å²) in [6, 6.07) is 7.81. The van der Waals surface area contributed by atoms with Crippen LogP contribution in [-0.2, 0) is 0 Å². The van der Waals surface area contributed by atoms with Gasteiger partial charge in [0.15, 0.2) is 0 Å². The van der Waals surface area contributed by atoms with Crippen molar-refractivity contribution < 1.29 is 5.11 Å². The van der Waals surface area contributed by atoms with E-state index in [2.05, 4.69) is 11.6 Å². The highest BCUT2D eigenvalue weighted by atomic mass is 16.3. The van der Waals surface area contributed by atoms with Gasteiger partial charge in [0.05, 0.1) is 11.6 Å². The zero-order valence-corrected chi connectivity index (χ0v) is 7.20. The van der Waals surface area contributed by atoms with E-state index >= 15 is 0 Å². The summed E-state index contributed by atoms with van der Waals surface area (Å²) < 4.78 is 0. The van der Waals surface area contributed by atoms with Gasteiger partial charge in [0, 0.05) is 11.8 Å². The molecular weight excluding hydrogens is 162 g/mol. The molecule has 1 aromatic heterocycles. The molecule has 2 rings (SSSR count). The minimum atomic E-state index is -0.595. The number of fused-ring (bicyclic) bond motifs is 1. The number of rotatable bonds is 2. The molecule has 1 atom stereocenters. The van der Waals surface area contributed by atoms with Crippen molar-refractivity contribution in [2.24, 2.45) is 0 Å². The molecule has 0 radical (unpaired) electrons. The molecule has 0 bridgehead atoms. The van der Waals surface area contributed by atoms with Gasteiger partial charge in [-0.3, -0.25) is 0 Å². The van der Waals surface area contributed by atoms with Crippen molar-refractivity contribution in [3.63, 3.8) is 0 Å². The fraction of sp³-hybridized carbons (Fsp3) is 0.0909. The number of aromatic amines is 1. The van der Waals surface area contributed by atoms with Crippen molar-refractivity contribution >= 4 is 10.9 Å². The van der Waals surface area contributed by atoms with Gasteiger partial charge in [0.1, 0.15) is 0 Å². The number of H-pyrrole nitrogens is 1. The normalized spacial score (nSPS) is 13.0. The molecule has 2 nitrogen and oxygen atoms in total. The van der Waals surface area contributed by atoms with E-state index in [1.165, 1.54) is 6.08 Å². The SMILES string of the molecule is C=CC(O)c1cccc2cc[nH]c12. The second-order valence-electron chi connectivity index (χ2n) is 2.97. The fourth-order valence-corrected chi connectivity index (χ4v) is 1.48. The molecule has 2 heteroatoms. The quantitative estimate of drug-likeness (QED) is 0.672. The first-order valence-corrected chi connectivity index (χ1v) is 4.19. The molecule has 2 N–H and O–H groups in total. The van der Waals surface area contributed by atoms with Crippen LogP contribution in [0.5, 0.6) is 0 Å². The van der Waals surface area contributed by atoms with E-state index in [1.807, 2.05) is 30.5 Å². The average molecular weight is 173 g/mol. The Morgan fingerprint density at radius 2 is 2.23 bits per heavy atom. The Labute approximate surface area is 76.5 Å². The van der Waals surface area contributed by atoms with Crippen LogP contribution in [0, 0.1) is 0 Å². The Morgan fingerprint density at radius 1 is 1.38 bits per heavy atom. The maximum atomic E-state index is 9.61. The first-order chi connectivity index (χ1) is 6.33. The van der Waals surface area contributed by atoms with Gasteiger partial charge in [0.25, 0.3) is 0 Å². The van der Waals surface area contributed by atoms with Gasteiger partial charge >= 0.3 is 0 Å². The van der Waals surface area contributed by atoms with Crippen LogP contribution in [0.2, 0.25) is 0 Å². The van der Waals surface area contributed by atoms with Crippen molar-refractivity contribution in [2.75, 3.05) is 0 Å². The van der Waals surface area contributed by atoms with Gasteiger partial charge in [-0.05, 0) is 11.5 Å². The first-order valence-electron chi connectivity index (χ1n) is 4.19. The van der Waals surface area contributed by atoms with E-state index in [0.717, 1.165) is 16.5 Å². The highest BCUT2D eigenvalue weighted by Gasteiger charge is 2.07. The summed E-state index contributed by atoms with van der Waals surface area (Å²) in [5, 5.41) is 10.7. The van der Waals surface area contributed by atoms with Gasteiger partial charge in [0.2, 0.25) is 0 Å². The number of aromatic nitrogens is 1. The van der Waals surface area contributed by atoms with Crippen LogP contribution in [0.25, 0.3) is 10.9 Å². The lowest BCUT2D eigenvalue weighted by molar-refractivity contribution is 0.230. The number of aliphatic hydroxyl groups excluding tert-OH is 1. The van der Waals surface area contributed by atoms with Crippen LogP contribution < -0.4 is 0 Å². The molecule has 0 spiro atoms. The summed E-state index contributed by atoms with van der Waals surface area (Å²) >= 11 is 0. The number of benzene rings is 1. The van der Waals surface area contributed by atoms with Crippen molar-refractivity contribution in [3.05, 3.63) is 48.7 Å². The molecule has 13 heavy (non-hydrogen) atoms. The molecular formula is C11H11NO. The van der Waals surface area contributed by atoms with Gasteiger partial charge in [-0.2, -0.15) is 0 Å². The lowest BCUT2D eigenvalue weighted by atomic mass is 10.1. The number of para-hydroxylation sites is 1. The Hall–Kier alpha value is -1.54. The highest BCUT2D eigenvalue weighted by molar-refractivity contribution is 5.82. The van der Waals surface area contributed by atoms with Crippen LogP contribution in [0.4, 0.5) is 0 Å². The largest absolute Gasteiger partial charge is 0.384 e. The summed E-state index contributed by atoms with van der Waals surface area (Å²) in [6.45, 7) is 3.56. The van der Waals surface area contributed by atoms with E-state index in [-0.39, 0.29) is 0 Å². The molecule has 0 saturated heterocycles. The Kier molecular flexibility index (Phi) is 1.91. The summed E-state index contributed by atoms with van der Waals surface area (Å²) in [6.07, 6.45) is 2.79. The molecule has 66 valence electrons. The molecule has 1 aromatic carbocycles. The van der Waals surface area contributed by atoms with Gasteiger partial charge < -0.3 is 10.1 Å². The van der Waals surface area contributed by atoms with E-state index < -0.39 is 6.10 Å². The zero-order chi connectivity index (χ0) is 9.26. The maximum absolute atomic E-state index is 9.61. The number of hydrogen-bond donors (Lipinski definition) is 2. The third-order valence-electron chi connectivity index (χ3n) is 2.16. The van der Waals surface area contributed by atoms with Gasteiger partial charge in [-0.25, -0.2) is 0 Å². The van der Waals surface area contributed by atoms with Gasteiger partial charge in [-0.15, -0.1) is 6.58 Å². The maximum Gasteiger partial charge on any atom is 0.0989 e. The Bertz CT molecular complexity index is 430. The second kappa shape index (κ2) is 3.07. The van der Waals surface area contributed by atoms with Crippen LogP contribution in [-0.4, -0.2) is 10.1 Å². The molecule has 1 heterocycles. The number of nitrogens with one attached hydrogen (secondary N) is 1. The van der Waals surface area contributed by atoms with E-state index in [1.54, 1.807) is 0 Å². The van der Waals surface area contributed by atoms with Crippen molar-refractivity contribution in [3.8, 4) is 0 Å². The average Bonchev–Trinajstić information content (AvgIpc) is 2.63.